The molecule has 2 aromatic carbocycles. The second-order valence-electron chi connectivity index (χ2n) is 8.14. The van der Waals surface area contributed by atoms with Crippen LogP contribution in [0.4, 0.5) is 32.0 Å². The number of nitrogens with zero attached hydrogens (tertiary/aromatic N) is 4. The molecule has 0 spiro atoms. The van der Waals surface area contributed by atoms with E-state index in [2.05, 4.69) is 20.5 Å². The van der Waals surface area contributed by atoms with Crippen LogP contribution in [0.15, 0.2) is 36.5 Å². The Kier molecular flexibility index (Phi) is 7.59. The Bertz CT molecular complexity index is 1220. The number of carbonyl (C=O) groups excluding carboxylic acids is 1. The predicted octanol–water partition coefficient (Wildman–Crippen LogP) is 3.89. The van der Waals surface area contributed by atoms with E-state index in [1.54, 1.807) is 0 Å². The normalized spacial score (nSPS) is 14.7. The van der Waals surface area contributed by atoms with Gasteiger partial charge in [-0.05, 0) is 23.8 Å². The molecule has 192 valence electrons. The van der Waals surface area contributed by atoms with Crippen molar-refractivity contribution in [3.8, 4) is 11.3 Å². The first-order valence-corrected chi connectivity index (χ1v) is 11.0. The molecule has 2 heterocycles. The van der Waals surface area contributed by atoms with Crippen LogP contribution in [0, 0.1) is 17.5 Å². The highest BCUT2D eigenvalue weighted by molar-refractivity contribution is 5.92. The van der Waals surface area contributed by atoms with E-state index < -0.39 is 52.6 Å². The van der Waals surface area contributed by atoms with Crippen molar-refractivity contribution in [2.45, 2.75) is 19.1 Å². The molecule has 3 aromatic rings. The van der Waals surface area contributed by atoms with Crippen molar-refractivity contribution in [1.82, 2.24) is 19.9 Å². The van der Waals surface area contributed by atoms with Crippen LogP contribution in [-0.2, 0) is 28.7 Å². The number of amides is 1. The number of hydrogen-bond donors (Lipinski definition) is 1. The van der Waals surface area contributed by atoms with Gasteiger partial charge in [0.15, 0.2) is 0 Å². The van der Waals surface area contributed by atoms with Crippen molar-refractivity contribution >= 4 is 11.6 Å². The Balaban J connectivity index is 1.43. The van der Waals surface area contributed by atoms with E-state index in [9.17, 15) is 31.1 Å². The molecule has 1 aromatic heterocycles. The summed E-state index contributed by atoms with van der Waals surface area (Å²) in [5.74, 6) is -4.59. The summed E-state index contributed by atoms with van der Waals surface area (Å²) in [7, 11) is 0. The zero-order chi connectivity index (χ0) is 25.9. The first-order chi connectivity index (χ1) is 17.1. The zero-order valence-electron chi connectivity index (χ0n) is 18.8. The molecule has 13 heteroatoms. The molecular weight excluding hydrogens is 492 g/mol. The molecule has 0 saturated carbocycles. The third kappa shape index (κ3) is 6.02. The highest BCUT2D eigenvalue weighted by Gasteiger charge is 2.35. The highest BCUT2D eigenvalue weighted by Crippen LogP contribution is 2.33. The average Bonchev–Trinajstić information content (AvgIpc) is 3.27. The maximum Gasteiger partial charge on any atom is 0.419 e. The van der Waals surface area contributed by atoms with E-state index >= 15 is 0 Å². The van der Waals surface area contributed by atoms with Gasteiger partial charge in [-0.1, -0.05) is 17.3 Å². The van der Waals surface area contributed by atoms with Crippen molar-refractivity contribution in [2.75, 3.05) is 38.2 Å². The van der Waals surface area contributed by atoms with Crippen LogP contribution in [0.5, 0.6) is 0 Å². The van der Waals surface area contributed by atoms with Crippen LogP contribution in [0.1, 0.15) is 11.1 Å². The Morgan fingerprint density at radius 2 is 1.75 bits per heavy atom. The molecular formula is C23H21F6N5O2. The third-order valence-corrected chi connectivity index (χ3v) is 5.60. The summed E-state index contributed by atoms with van der Waals surface area (Å²) in [6.45, 7) is 3.94. The quantitative estimate of drug-likeness (QED) is 0.486. The van der Waals surface area contributed by atoms with E-state index in [0.29, 0.717) is 32.4 Å². The van der Waals surface area contributed by atoms with Gasteiger partial charge in [0.1, 0.15) is 23.1 Å². The van der Waals surface area contributed by atoms with Crippen molar-refractivity contribution in [2.24, 2.45) is 0 Å². The van der Waals surface area contributed by atoms with Gasteiger partial charge >= 0.3 is 6.18 Å². The van der Waals surface area contributed by atoms with Crippen LogP contribution in [0.3, 0.4) is 0 Å². The molecule has 0 bridgehead atoms. The second kappa shape index (κ2) is 10.7. The summed E-state index contributed by atoms with van der Waals surface area (Å²) >= 11 is 0. The minimum atomic E-state index is -4.93. The number of nitrogens with one attached hydrogen (secondary N) is 1. The van der Waals surface area contributed by atoms with Crippen LogP contribution < -0.4 is 5.32 Å². The Morgan fingerprint density at radius 3 is 2.42 bits per heavy atom. The number of morpholine rings is 1. The first-order valence-electron chi connectivity index (χ1n) is 11.0. The lowest BCUT2D eigenvalue weighted by molar-refractivity contribution is -0.140. The number of benzene rings is 2. The first kappa shape index (κ1) is 25.6. The van der Waals surface area contributed by atoms with E-state index in [-0.39, 0.29) is 11.4 Å². The Labute approximate surface area is 201 Å². The number of hydrogen-bond acceptors (Lipinski definition) is 5. The fraction of sp³-hybridized carbons (Fsp3) is 0.348. The lowest BCUT2D eigenvalue weighted by atomic mass is 10.1. The zero-order valence-corrected chi connectivity index (χ0v) is 18.8. The van der Waals surface area contributed by atoms with Crippen molar-refractivity contribution in [1.29, 1.82) is 0 Å². The molecule has 0 radical (unpaired) electrons. The fourth-order valence-electron chi connectivity index (χ4n) is 3.79. The molecule has 7 nitrogen and oxygen atoms in total. The average molecular weight is 513 g/mol. The van der Waals surface area contributed by atoms with Gasteiger partial charge in [0.25, 0.3) is 0 Å². The molecule has 0 atom stereocenters. The van der Waals surface area contributed by atoms with E-state index in [1.807, 2.05) is 0 Å². The number of anilines is 1. The van der Waals surface area contributed by atoms with E-state index in [1.165, 1.54) is 10.9 Å². The van der Waals surface area contributed by atoms with Gasteiger partial charge in [-0.2, -0.15) is 13.2 Å². The van der Waals surface area contributed by atoms with Gasteiger partial charge in [-0.25, -0.2) is 13.2 Å². The lowest BCUT2D eigenvalue weighted by Crippen LogP contribution is -2.38. The summed E-state index contributed by atoms with van der Waals surface area (Å²) in [4.78, 5) is 14.4. The number of alkyl halides is 3. The number of halogens is 6. The standard InChI is InChI=1S/C23H21F6N5O2/c24-17-11-15(30-20(35)10-14-2-1-3-16(22(14)26)23(27,28)29)12-18(25)21(17)19-13-34(32-31-19)5-4-33-6-8-36-9-7-33/h1-3,11-13H,4-10H2,(H,30,35). The maximum absolute atomic E-state index is 14.7. The highest BCUT2D eigenvalue weighted by atomic mass is 19.4. The molecule has 0 aliphatic carbocycles. The van der Waals surface area contributed by atoms with Crippen LogP contribution in [0.25, 0.3) is 11.3 Å². The molecule has 36 heavy (non-hydrogen) atoms. The Morgan fingerprint density at radius 1 is 1.06 bits per heavy atom. The van der Waals surface area contributed by atoms with Gasteiger partial charge < -0.3 is 10.1 Å². The number of ether oxygens (including phenoxy) is 1. The minimum Gasteiger partial charge on any atom is -0.379 e. The molecule has 1 fully saturated rings. The third-order valence-electron chi connectivity index (χ3n) is 5.60. The molecule has 1 N–H and O–H groups in total. The van der Waals surface area contributed by atoms with Gasteiger partial charge in [-0.15, -0.1) is 5.10 Å². The van der Waals surface area contributed by atoms with E-state index in [4.69, 9.17) is 4.74 Å². The van der Waals surface area contributed by atoms with Crippen molar-refractivity contribution in [3.05, 3.63) is 65.1 Å². The molecule has 1 aliphatic rings. The van der Waals surface area contributed by atoms with E-state index in [0.717, 1.165) is 37.4 Å². The summed E-state index contributed by atoms with van der Waals surface area (Å²) in [5, 5.41) is 9.90. The summed E-state index contributed by atoms with van der Waals surface area (Å²) in [6.07, 6.45) is -4.29. The summed E-state index contributed by atoms with van der Waals surface area (Å²) in [5.41, 5.74) is -2.79. The Hall–Kier alpha value is -3.45. The number of rotatable bonds is 7. The smallest absolute Gasteiger partial charge is 0.379 e. The topological polar surface area (TPSA) is 72.3 Å². The van der Waals surface area contributed by atoms with Crippen molar-refractivity contribution < 1.29 is 35.9 Å². The predicted molar refractivity (Wildman–Crippen MR) is 116 cm³/mol. The molecule has 0 unspecified atom stereocenters. The maximum atomic E-state index is 14.7. The minimum absolute atomic E-state index is 0.0455. The van der Waals surface area contributed by atoms with Gasteiger partial charge in [0.2, 0.25) is 5.91 Å². The largest absolute Gasteiger partial charge is 0.419 e. The fourth-order valence-corrected chi connectivity index (χ4v) is 3.79. The van der Waals surface area contributed by atoms with Crippen LogP contribution in [-0.4, -0.2) is 58.6 Å². The number of aromatic nitrogens is 3. The van der Waals surface area contributed by atoms with Crippen LogP contribution in [0.2, 0.25) is 0 Å². The van der Waals surface area contributed by atoms with Gasteiger partial charge in [0, 0.05) is 25.3 Å². The number of carbonyl (C=O) groups is 1. The van der Waals surface area contributed by atoms with Crippen molar-refractivity contribution in [3.63, 3.8) is 0 Å². The van der Waals surface area contributed by atoms with Gasteiger partial charge in [-0.3, -0.25) is 14.4 Å². The monoisotopic (exact) mass is 513 g/mol. The molecule has 1 amide bonds. The molecule has 4 rings (SSSR count). The summed E-state index contributed by atoms with van der Waals surface area (Å²) < 4.78 is 89.0. The van der Waals surface area contributed by atoms with Crippen LogP contribution >= 0.6 is 0 Å². The SMILES string of the molecule is O=C(Cc1cccc(C(F)(F)F)c1F)Nc1cc(F)c(-c2cn(CCN3CCOCC3)nn2)c(F)c1. The van der Waals surface area contributed by atoms with Gasteiger partial charge in [0.05, 0.1) is 43.5 Å². The summed E-state index contributed by atoms with van der Waals surface area (Å²) in [6, 6.07) is 4.23. The molecule has 1 saturated heterocycles. The molecule has 1 aliphatic heterocycles. The second-order valence-corrected chi connectivity index (χ2v) is 8.14. The lowest BCUT2D eigenvalue weighted by Gasteiger charge is -2.26.